The molecule has 0 amide bonds. The molecule has 3 nitrogen and oxygen atoms in total. The van der Waals surface area contributed by atoms with Gasteiger partial charge in [-0.25, -0.2) is 4.39 Å². The third-order valence-corrected chi connectivity index (χ3v) is 3.04. The van der Waals surface area contributed by atoms with Crippen molar-refractivity contribution >= 4 is 15.9 Å². The van der Waals surface area contributed by atoms with E-state index in [2.05, 4.69) is 21.0 Å². The lowest BCUT2D eigenvalue weighted by molar-refractivity contribution is 0.214. The van der Waals surface area contributed by atoms with E-state index in [4.69, 9.17) is 0 Å². The summed E-state index contributed by atoms with van der Waals surface area (Å²) in [5.74, 6) is -0.426. The van der Waals surface area contributed by atoms with Crippen LogP contribution in [0.2, 0.25) is 0 Å². The summed E-state index contributed by atoms with van der Waals surface area (Å²) >= 11 is 3.26. The maximum atomic E-state index is 13.6. The maximum absolute atomic E-state index is 13.6. The molecule has 0 aliphatic heterocycles. The van der Waals surface area contributed by atoms with E-state index in [1.807, 2.05) is 6.92 Å². The summed E-state index contributed by atoms with van der Waals surface area (Å²) in [7, 11) is 0. The Kier molecular flexibility index (Phi) is 3.59. The number of rotatable bonds is 3. The quantitative estimate of drug-likeness (QED) is 0.946. The molecular weight excluding hydrogens is 287 g/mol. The summed E-state index contributed by atoms with van der Waals surface area (Å²) in [4.78, 5) is 0. The first kappa shape index (κ1) is 12.3. The number of hydrogen-bond acceptors (Lipinski definition) is 2. The van der Waals surface area contributed by atoms with Gasteiger partial charge in [-0.3, -0.25) is 4.68 Å². The molecule has 1 heterocycles. The van der Waals surface area contributed by atoms with Crippen LogP contribution in [0, 0.1) is 5.82 Å². The van der Waals surface area contributed by atoms with Crippen molar-refractivity contribution in [2.45, 2.75) is 19.6 Å². The lowest BCUT2D eigenvalue weighted by Gasteiger charge is -2.10. The second-order valence-electron chi connectivity index (χ2n) is 3.70. The molecule has 0 aliphatic carbocycles. The second-order valence-corrected chi connectivity index (χ2v) is 4.61. The lowest BCUT2D eigenvalue weighted by Crippen LogP contribution is -2.02. The molecule has 0 fully saturated rings. The van der Waals surface area contributed by atoms with Crippen molar-refractivity contribution in [1.82, 2.24) is 9.78 Å². The van der Waals surface area contributed by atoms with Crippen LogP contribution in [0.5, 0.6) is 0 Å². The predicted molar refractivity (Wildman–Crippen MR) is 66.1 cm³/mol. The lowest BCUT2D eigenvalue weighted by atomic mass is 10.0. The van der Waals surface area contributed by atoms with Crippen molar-refractivity contribution in [2.75, 3.05) is 0 Å². The van der Waals surface area contributed by atoms with E-state index >= 15 is 0 Å². The highest BCUT2D eigenvalue weighted by molar-refractivity contribution is 9.10. The molecule has 1 aromatic carbocycles. The van der Waals surface area contributed by atoms with Crippen molar-refractivity contribution in [1.29, 1.82) is 0 Å². The Bertz CT molecular complexity index is 527. The normalized spacial score (nSPS) is 12.7. The Balaban J connectivity index is 2.35. The number of halogens is 2. The summed E-state index contributed by atoms with van der Waals surface area (Å²) in [5, 5.41) is 14.1. The third-order valence-electron chi connectivity index (χ3n) is 2.55. The Morgan fingerprint density at radius 1 is 1.53 bits per heavy atom. The Morgan fingerprint density at radius 2 is 2.29 bits per heavy atom. The van der Waals surface area contributed by atoms with Gasteiger partial charge >= 0.3 is 0 Å². The molecule has 1 atom stereocenters. The van der Waals surface area contributed by atoms with Crippen LogP contribution in [0.1, 0.15) is 24.2 Å². The molecule has 2 aromatic rings. The molecule has 0 radical (unpaired) electrons. The number of hydrogen-bond donors (Lipinski definition) is 1. The highest BCUT2D eigenvalue weighted by Crippen LogP contribution is 2.26. The van der Waals surface area contributed by atoms with E-state index in [1.54, 1.807) is 29.2 Å². The number of nitrogens with zero attached hydrogens (tertiary/aromatic N) is 2. The van der Waals surface area contributed by atoms with E-state index in [0.717, 1.165) is 4.47 Å². The average Bonchev–Trinajstić information content (AvgIpc) is 2.80. The number of benzene rings is 1. The maximum Gasteiger partial charge on any atom is 0.129 e. The van der Waals surface area contributed by atoms with Crippen LogP contribution in [0.15, 0.2) is 35.1 Å². The summed E-state index contributed by atoms with van der Waals surface area (Å²) in [6.45, 7) is 2.66. The Hall–Kier alpha value is -1.20. The Labute approximate surface area is 107 Å². The van der Waals surface area contributed by atoms with Crippen molar-refractivity contribution in [3.63, 3.8) is 0 Å². The minimum Gasteiger partial charge on any atom is -0.383 e. The molecule has 0 aliphatic rings. The van der Waals surface area contributed by atoms with Crippen LogP contribution >= 0.6 is 15.9 Å². The molecule has 5 heteroatoms. The molecule has 1 unspecified atom stereocenters. The molecule has 0 spiro atoms. The first-order chi connectivity index (χ1) is 8.11. The smallest absolute Gasteiger partial charge is 0.129 e. The number of aliphatic hydroxyl groups is 1. The van der Waals surface area contributed by atoms with Crippen LogP contribution in [0.25, 0.3) is 0 Å². The molecule has 1 aromatic heterocycles. The van der Waals surface area contributed by atoms with Gasteiger partial charge in [-0.2, -0.15) is 5.10 Å². The monoisotopic (exact) mass is 298 g/mol. The molecule has 0 saturated heterocycles. The zero-order valence-corrected chi connectivity index (χ0v) is 10.9. The van der Waals surface area contributed by atoms with Gasteiger partial charge in [0.05, 0.1) is 6.20 Å². The largest absolute Gasteiger partial charge is 0.383 e. The third kappa shape index (κ3) is 2.56. The van der Waals surface area contributed by atoms with Gasteiger partial charge in [-0.15, -0.1) is 0 Å². The number of aryl methyl sites for hydroxylation is 1. The van der Waals surface area contributed by atoms with Gasteiger partial charge in [0, 0.05) is 28.3 Å². The fourth-order valence-electron chi connectivity index (χ4n) is 1.60. The highest BCUT2D eigenvalue weighted by Gasteiger charge is 2.16. The van der Waals surface area contributed by atoms with E-state index in [-0.39, 0.29) is 5.56 Å². The van der Waals surface area contributed by atoms with E-state index in [9.17, 15) is 9.50 Å². The van der Waals surface area contributed by atoms with Crippen LogP contribution in [-0.2, 0) is 6.54 Å². The fraction of sp³-hybridized carbons (Fsp3) is 0.250. The van der Waals surface area contributed by atoms with E-state index in [0.29, 0.717) is 12.1 Å². The van der Waals surface area contributed by atoms with Crippen molar-refractivity contribution < 1.29 is 9.50 Å². The second kappa shape index (κ2) is 4.98. The SMILES string of the molecule is CCn1cc(C(O)c2cc(Br)ccc2F)cn1. The summed E-state index contributed by atoms with van der Waals surface area (Å²) in [6, 6.07) is 4.50. The zero-order chi connectivity index (χ0) is 12.4. The van der Waals surface area contributed by atoms with Gasteiger partial charge in [0.2, 0.25) is 0 Å². The van der Waals surface area contributed by atoms with Gasteiger partial charge in [0.15, 0.2) is 0 Å². The average molecular weight is 299 g/mol. The minimum absolute atomic E-state index is 0.245. The Morgan fingerprint density at radius 3 is 2.94 bits per heavy atom. The predicted octanol–water partition coefficient (Wildman–Crippen LogP) is 2.89. The van der Waals surface area contributed by atoms with Crippen LogP contribution in [0.4, 0.5) is 4.39 Å². The molecule has 17 heavy (non-hydrogen) atoms. The molecule has 90 valence electrons. The van der Waals surface area contributed by atoms with Crippen LogP contribution in [-0.4, -0.2) is 14.9 Å². The first-order valence-corrected chi connectivity index (χ1v) is 6.06. The topological polar surface area (TPSA) is 38.0 Å². The standard InChI is InChI=1S/C12H12BrFN2O/c1-2-16-7-8(6-15-16)12(17)10-5-9(13)3-4-11(10)14/h3-7,12,17H,2H2,1H3. The number of aliphatic hydroxyl groups excluding tert-OH is 1. The zero-order valence-electron chi connectivity index (χ0n) is 9.27. The molecular formula is C12H12BrFN2O. The van der Waals surface area contributed by atoms with Gasteiger partial charge in [0.25, 0.3) is 0 Å². The molecule has 2 rings (SSSR count). The summed E-state index contributed by atoms with van der Waals surface area (Å²) in [5.41, 5.74) is 0.832. The molecule has 1 N–H and O–H groups in total. The minimum atomic E-state index is -0.993. The summed E-state index contributed by atoms with van der Waals surface area (Å²) < 4.78 is 16.0. The fourth-order valence-corrected chi connectivity index (χ4v) is 1.98. The van der Waals surface area contributed by atoms with Crippen LogP contribution in [0.3, 0.4) is 0 Å². The number of aromatic nitrogens is 2. The van der Waals surface area contributed by atoms with Crippen molar-refractivity contribution in [3.8, 4) is 0 Å². The van der Waals surface area contributed by atoms with Gasteiger partial charge in [-0.05, 0) is 25.1 Å². The molecule has 0 bridgehead atoms. The van der Waals surface area contributed by atoms with E-state index in [1.165, 1.54) is 6.07 Å². The van der Waals surface area contributed by atoms with Gasteiger partial charge in [0.1, 0.15) is 11.9 Å². The van der Waals surface area contributed by atoms with E-state index < -0.39 is 11.9 Å². The van der Waals surface area contributed by atoms with Crippen molar-refractivity contribution in [3.05, 3.63) is 52.0 Å². The van der Waals surface area contributed by atoms with Gasteiger partial charge in [-0.1, -0.05) is 15.9 Å². The van der Waals surface area contributed by atoms with Crippen molar-refractivity contribution in [2.24, 2.45) is 0 Å². The first-order valence-electron chi connectivity index (χ1n) is 5.27. The molecule has 0 saturated carbocycles. The highest BCUT2D eigenvalue weighted by atomic mass is 79.9. The van der Waals surface area contributed by atoms with Crippen LogP contribution < -0.4 is 0 Å². The summed E-state index contributed by atoms with van der Waals surface area (Å²) in [6.07, 6.45) is 2.27. The van der Waals surface area contributed by atoms with Gasteiger partial charge < -0.3 is 5.11 Å².